The lowest BCUT2D eigenvalue weighted by Crippen LogP contribution is -2.15. The van der Waals surface area contributed by atoms with Crippen LogP contribution in [0.15, 0.2) is 54.9 Å². The molecule has 9 heteroatoms. The average Bonchev–Trinajstić information content (AvgIpc) is 2.70. The van der Waals surface area contributed by atoms with Gasteiger partial charge in [0, 0.05) is 21.7 Å². The summed E-state index contributed by atoms with van der Waals surface area (Å²) >= 11 is 2.00. The van der Waals surface area contributed by atoms with Gasteiger partial charge in [0.15, 0.2) is 5.75 Å². The predicted octanol–water partition coefficient (Wildman–Crippen LogP) is 4.81. The SMILES string of the molecule is CCC(=O)Nc1cccc(Oc2cncc(Nc3ccc(I)cc3F)c2C(N)=O)c1. The molecule has 30 heavy (non-hydrogen) atoms. The van der Waals surface area contributed by atoms with Gasteiger partial charge in [-0.05, 0) is 52.9 Å². The summed E-state index contributed by atoms with van der Waals surface area (Å²) < 4.78 is 20.8. The number of aromatic nitrogens is 1. The summed E-state index contributed by atoms with van der Waals surface area (Å²) in [5.74, 6) is -0.931. The molecule has 3 aromatic rings. The number of rotatable bonds is 7. The number of hydrogen-bond acceptors (Lipinski definition) is 5. The van der Waals surface area contributed by atoms with E-state index >= 15 is 0 Å². The zero-order chi connectivity index (χ0) is 21.7. The van der Waals surface area contributed by atoms with Crippen molar-refractivity contribution in [2.45, 2.75) is 13.3 Å². The molecule has 0 saturated heterocycles. The maximum Gasteiger partial charge on any atom is 0.254 e. The van der Waals surface area contributed by atoms with Gasteiger partial charge in [0.2, 0.25) is 5.91 Å². The van der Waals surface area contributed by atoms with E-state index in [0.29, 0.717) is 17.9 Å². The van der Waals surface area contributed by atoms with Gasteiger partial charge in [0.1, 0.15) is 17.1 Å². The number of pyridine rings is 1. The fourth-order valence-corrected chi connectivity index (χ4v) is 3.07. The van der Waals surface area contributed by atoms with Crippen LogP contribution in [-0.4, -0.2) is 16.8 Å². The minimum atomic E-state index is -0.767. The number of benzene rings is 2. The monoisotopic (exact) mass is 520 g/mol. The first kappa shape index (κ1) is 21.5. The molecule has 0 fully saturated rings. The molecule has 2 amide bonds. The average molecular weight is 520 g/mol. The Labute approximate surface area is 186 Å². The van der Waals surface area contributed by atoms with Crippen LogP contribution in [0.4, 0.5) is 21.5 Å². The van der Waals surface area contributed by atoms with E-state index in [1.807, 2.05) is 22.6 Å². The first-order chi connectivity index (χ1) is 14.4. The number of ether oxygens (including phenoxy) is 1. The predicted molar refractivity (Wildman–Crippen MR) is 121 cm³/mol. The molecule has 4 N–H and O–H groups in total. The maximum absolute atomic E-state index is 14.2. The van der Waals surface area contributed by atoms with Crippen molar-refractivity contribution in [3.63, 3.8) is 0 Å². The first-order valence-electron chi connectivity index (χ1n) is 8.95. The Hall–Kier alpha value is -3.21. The molecule has 3 rings (SSSR count). The molecule has 0 saturated carbocycles. The summed E-state index contributed by atoms with van der Waals surface area (Å²) in [5.41, 5.74) is 6.50. The van der Waals surface area contributed by atoms with Crippen LogP contribution in [-0.2, 0) is 4.79 Å². The fourth-order valence-electron chi connectivity index (χ4n) is 2.62. The summed E-state index contributed by atoms with van der Waals surface area (Å²) in [7, 11) is 0. The van der Waals surface area contributed by atoms with Gasteiger partial charge in [0.05, 0.1) is 23.8 Å². The summed E-state index contributed by atoms with van der Waals surface area (Å²) in [6.45, 7) is 1.75. The Morgan fingerprint density at radius 1 is 1.17 bits per heavy atom. The first-order valence-corrected chi connectivity index (χ1v) is 10.0. The van der Waals surface area contributed by atoms with Crippen molar-refractivity contribution in [2.24, 2.45) is 5.73 Å². The Morgan fingerprint density at radius 2 is 1.97 bits per heavy atom. The lowest BCUT2D eigenvalue weighted by atomic mass is 10.2. The number of primary amides is 1. The number of amides is 2. The van der Waals surface area contributed by atoms with Crippen molar-refractivity contribution in [2.75, 3.05) is 10.6 Å². The van der Waals surface area contributed by atoms with Gasteiger partial charge in [-0.15, -0.1) is 0 Å². The van der Waals surface area contributed by atoms with Gasteiger partial charge in [-0.25, -0.2) is 4.39 Å². The van der Waals surface area contributed by atoms with Crippen LogP contribution in [0.3, 0.4) is 0 Å². The Kier molecular flexibility index (Phi) is 6.83. The van der Waals surface area contributed by atoms with Crippen molar-refractivity contribution in [1.29, 1.82) is 0 Å². The molecule has 1 heterocycles. The molecule has 2 aromatic carbocycles. The van der Waals surface area contributed by atoms with Crippen LogP contribution < -0.4 is 21.1 Å². The van der Waals surface area contributed by atoms with E-state index in [1.165, 1.54) is 18.5 Å². The molecule has 0 spiro atoms. The van der Waals surface area contributed by atoms with Gasteiger partial charge in [-0.1, -0.05) is 13.0 Å². The van der Waals surface area contributed by atoms with E-state index in [0.717, 1.165) is 3.57 Å². The highest BCUT2D eigenvalue weighted by molar-refractivity contribution is 14.1. The molecule has 1 aromatic heterocycles. The third kappa shape index (κ3) is 5.23. The Morgan fingerprint density at radius 3 is 2.67 bits per heavy atom. The Balaban J connectivity index is 1.92. The number of carbonyl (C=O) groups is 2. The number of carbonyl (C=O) groups excluding carboxylic acids is 2. The summed E-state index contributed by atoms with van der Waals surface area (Å²) in [6.07, 6.45) is 3.04. The molecular weight excluding hydrogens is 502 g/mol. The third-order valence-corrected chi connectivity index (χ3v) is 4.70. The normalized spacial score (nSPS) is 10.4. The van der Waals surface area contributed by atoms with E-state index < -0.39 is 11.7 Å². The van der Waals surface area contributed by atoms with Crippen LogP contribution in [0.2, 0.25) is 0 Å². The molecule has 0 aliphatic carbocycles. The van der Waals surface area contributed by atoms with Crippen molar-refractivity contribution in [3.05, 3.63) is 69.8 Å². The third-order valence-electron chi connectivity index (χ3n) is 4.02. The highest BCUT2D eigenvalue weighted by Gasteiger charge is 2.18. The summed E-state index contributed by atoms with van der Waals surface area (Å²) in [5, 5.41) is 5.57. The molecule has 7 nitrogen and oxygen atoms in total. The van der Waals surface area contributed by atoms with Gasteiger partial charge < -0.3 is 21.1 Å². The lowest BCUT2D eigenvalue weighted by molar-refractivity contribution is -0.115. The standard InChI is InChI=1S/C21H18FIN4O3/c1-2-19(28)26-13-4-3-5-14(9-13)30-18-11-25-10-17(20(18)21(24)29)27-16-7-6-12(23)8-15(16)22/h3-11,27H,2H2,1H3,(H2,24,29)(H,26,28). The van der Waals surface area contributed by atoms with E-state index in [9.17, 15) is 14.0 Å². The smallest absolute Gasteiger partial charge is 0.254 e. The zero-order valence-electron chi connectivity index (χ0n) is 15.9. The number of nitrogens with two attached hydrogens (primary N) is 1. The molecular formula is C21H18FIN4O3. The van der Waals surface area contributed by atoms with Crippen molar-refractivity contribution in [3.8, 4) is 11.5 Å². The van der Waals surface area contributed by atoms with E-state index in [1.54, 1.807) is 43.3 Å². The minimum absolute atomic E-state index is 0.0194. The lowest BCUT2D eigenvalue weighted by Gasteiger charge is -2.15. The Bertz CT molecular complexity index is 1110. The maximum atomic E-state index is 14.2. The van der Waals surface area contributed by atoms with Crippen molar-refractivity contribution >= 4 is 51.5 Å². The van der Waals surface area contributed by atoms with Crippen LogP contribution in [0.1, 0.15) is 23.7 Å². The zero-order valence-corrected chi connectivity index (χ0v) is 18.1. The summed E-state index contributed by atoms with van der Waals surface area (Å²) in [6, 6.07) is 11.3. The molecule has 0 unspecified atom stereocenters. The van der Waals surface area contributed by atoms with Gasteiger partial charge in [-0.2, -0.15) is 0 Å². The largest absolute Gasteiger partial charge is 0.455 e. The topological polar surface area (TPSA) is 106 Å². The second kappa shape index (κ2) is 9.53. The number of nitrogens with one attached hydrogen (secondary N) is 2. The quantitative estimate of drug-likeness (QED) is 0.388. The van der Waals surface area contributed by atoms with Crippen LogP contribution in [0.25, 0.3) is 0 Å². The highest BCUT2D eigenvalue weighted by Crippen LogP contribution is 2.32. The number of nitrogens with zero attached hydrogens (tertiary/aromatic N) is 1. The van der Waals surface area contributed by atoms with Crippen molar-refractivity contribution < 1.29 is 18.7 Å². The minimum Gasteiger partial charge on any atom is -0.455 e. The highest BCUT2D eigenvalue weighted by atomic mass is 127. The molecule has 0 radical (unpaired) electrons. The van der Waals surface area contributed by atoms with Gasteiger partial charge in [-0.3, -0.25) is 14.6 Å². The number of halogens is 2. The van der Waals surface area contributed by atoms with E-state index in [4.69, 9.17) is 10.5 Å². The fraction of sp³-hybridized carbons (Fsp3) is 0.0952. The second-order valence-corrected chi connectivity index (χ2v) is 7.45. The second-order valence-electron chi connectivity index (χ2n) is 6.21. The van der Waals surface area contributed by atoms with E-state index in [-0.39, 0.29) is 28.6 Å². The van der Waals surface area contributed by atoms with Crippen LogP contribution in [0, 0.1) is 9.39 Å². The number of hydrogen-bond donors (Lipinski definition) is 3. The molecule has 0 aliphatic rings. The molecule has 154 valence electrons. The molecule has 0 bridgehead atoms. The molecule has 0 atom stereocenters. The van der Waals surface area contributed by atoms with Crippen molar-refractivity contribution in [1.82, 2.24) is 4.98 Å². The van der Waals surface area contributed by atoms with Crippen LogP contribution >= 0.6 is 22.6 Å². The summed E-state index contributed by atoms with van der Waals surface area (Å²) in [4.78, 5) is 27.8. The number of anilines is 3. The van der Waals surface area contributed by atoms with Gasteiger partial charge >= 0.3 is 0 Å². The van der Waals surface area contributed by atoms with Crippen LogP contribution in [0.5, 0.6) is 11.5 Å². The van der Waals surface area contributed by atoms with Gasteiger partial charge in [0.25, 0.3) is 5.91 Å². The van der Waals surface area contributed by atoms with E-state index in [2.05, 4.69) is 15.6 Å². The molecule has 0 aliphatic heterocycles.